The number of carbonyl (C=O) groups is 1. The number of hydrogen-bond acceptors (Lipinski definition) is 4. The van der Waals surface area contributed by atoms with E-state index >= 15 is 0 Å². The molecule has 176 valence electrons. The average molecular weight is 538 g/mol. The minimum absolute atomic E-state index is 0. The van der Waals surface area contributed by atoms with Gasteiger partial charge < -0.3 is 25.6 Å². The first kappa shape index (κ1) is 27.3. The zero-order valence-electron chi connectivity index (χ0n) is 19.6. The van der Waals surface area contributed by atoms with Crippen LogP contribution in [0.5, 0.6) is 0 Å². The monoisotopic (exact) mass is 537 g/mol. The van der Waals surface area contributed by atoms with E-state index in [9.17, 15) is 4.79 Å². The molecular weight excluding hydrogens is 493 g/mol. The van der Waals surface area contributed by atoms with Crippen LogP contribution >= 0.6 is 24.0 Å². The number of likely N-dealkylation sites (N-methyl/N-ethyl adjacent to an activating group) is 1. The van der Waals surface area contributed by atoms with E-state index in [1.807, 2.05) is 20.8 Å². The molecule has 0 spiro atoms. The summed E-state index contributed by atoms with van der Waals surface area (Å²) in [7, 11) is 2.23. The second-order valence-corrected chi connectivity index (χ2v) is 9.52. The summed E-state index contributed by atoms with van der Waals surface area (Å²) in [5, 5.41) is 9.97. The number of aliphatic imine (C=N–C) groups is 1. The van der Waals surface area contributed by atoms with Gasteiger partial charge in [0.1, 0.15) is 5.60 Å². The molecule has 2 saturated carbocycles. The molecule has 0 radical (unpaired) electrons. The molecule has 8 heteroatoms. The van der Waals surface area contributed by atoms with Gasteiger partial charge in [0.25, 0.3) is 0 Å². The number of carbonyl (C=O) groups excluding carboxylic acids is 1. The summed E-state index contributed by atoms with van der Waals surface area (Å²) in [6, 6.07) is 1.34. The summed E-state index contributed by atoms with van der Waals surface area (Å²) < 4.78 is 5.37. The number of nitrogens with zero attached hydrogens (tertiary/aromatic N) is 2. The Hall–Kier alpha value is -0.770. The van der Waals surface area contributed by atoms with Gasteiger partial charge in [0.15, 0.2) is 5.96 Å². The fraction of sp³-hybridized carbons (Fsp3) is 0.909. The van der Waals surface area contributed by atoms with Gasteiger partial charge in [0.05, 0.1) is 6.54 Å². The predicted molar refractivity (Wildman–Crippen MR) is 135 cm³/mol. The molecule has 30 heavy (non-hydrogen) atoms. The van der Waals surface area contributed by atoms with Crippen LogP contribution in [0.1, 0.15) is 79.1 Å². The average Bonchev–Trinajstić information content (AvgIpc) is 3.16. The quantitative estimate of drug-likeness (QED) is 0.261. The SMILES string of the molecule is CCNC(=NCCN(C)C1CCCC1)NC1CCC(NC(=O)OC(C)(C)C)CC1.I. The third-order valence-electron chi connectivity index (χ3n) is 5.80. The topological polar surface area (TPSA) is 78.0 Å². The second-order valence-electron chi connectivity index (χ2n) is 9.52. The maximum Gasteiger partial charge on any atom is 0.407 e. The number of rotatable bonds is 7. The minimum atomic E-state index is -0.453. The van der Waals surface area contributed by atoms with Crippen LogP contribution in [0.25, 0.3) is 0 Å². The number of hydrogen-bond donors (Lipinski definition) is 3. The molecule has 0 bridgehead atoms. The zero-order chi connectivity index (χ0) is 21.3. The largest absolute Gasteiger partial charge is 0.444 e. The van der Waals surface area contributed by atoms with Crippen molar-refractivity contribution in [2.75, 3.05) is 26.7 Å². The molecule has 2 aliphatic rings. The Balaban J connectivity index is 0.00000450. The van der Waals surface area contributed by atoms with Gasteiger partial charge in [-0.05, 0) is 73.3 Å². The van der Waals surface area contributed by atoms with Crippen LogP contribution in [-0.4, -0.2) is 67.4 Å². The van der Waals surface area contributed by atoms with Crippen LogP contribution in [0, 0.1) is 0 Å². The molecule has 2 rings (SSSR count). The van der Waals surface area contributed by atoms with E-state index in [0.717, 1.165) is 57.3 Å². The van der Waals surface area contributed by atoms with Crippen LogP contribution in [-0.2, 0) is 4.74 Å². The van der Waals surface area contributed by atoms with E-state index in [-0.39, 0.29) is 36.1 Å². The second kappa shape index (κ2) is 13.6. The maximum absolute atomic E-state index is 12.0. The molecule has 0 aromatic rings. The zero-order valence-corrected chi connectivity index (χ0v) is 22.0. The Morgan fingerprint density at radius 1 is 1.03 bits per heavy atom. The molecule has 0 aromatic carbocycles. The molecule has 0 atom stereocenters. The van der Waals surface area contributed by atoms with Crippen LogP contribution in [0.4, 0.5) is 4.79 Å². The van der Waals surface area contributed by atoms with E-state index < -0.39 is 5.60 Å². The van der Waals surface area contributed by atoms with Gasteiger partial charge >= 0.3 is 6.09 Å². The van der Waals surface area contributed by atoms with Crippen molar-refractivity contribution in [3.63, 3.8) is 0 Å². The van der Waals surface area contributed by atoms with E-state index in [1.165, 1.54) is 25.7 Å². The summed E-state index contributed by atoms with van der Waals surface area (Å²) in [4.78, 5) is 19.2. The molecule has 0 heterocycles. The van der Waals surface area contributed by atoms with Crippen LogP contribution in [0.15, 0.2) is 4.99 Å². The van der Waals surface area contributed by atoms with Gasteiger partial charge in [-0.15, -0.1) is 24.0 Å². The van der Waals surface area contributed by atoms with Crippen molar-refractivity contribution >= 4 is 36.0 Å². The third kappa shape index (κ3) is 10.5. The number of amides is 1. The highest BCUT2D eigenvalue weighted by molar-refractivity contribution is 14.0. The normalized spacial score (nSPS) is 23.1. The summed E-state index contributed by atoms with van der Waals surface area (Å²) in [6.07, 6.45) is 9.05. The smallest absolute Gasteiger partial charge is 0.407 e. The number of ether oxygens (including phenoxy) is 1. The van der Waals surface area contributed by atoms with Crippen molar-refractivity contribution in [3.8, 4) is 0 Å². The Morgan fingerprint density at radius 2 is 1.60 bits per heavy atom. The lowest BCUT2D eigenvalue weighted by molar-refractivity contribution is 0.0490. The molecule has 1 amide bonds. The van der Waals surface area contributed by atoms with Gasteiger partial charge in [-0.3, -0.25) is 4.99 Å². The summed E-state index contributed by atoms with van der Waals surface area (Å²) in [5.41, 5.74) is -0.453. The van der Waals surface area contributed by atoms with Crippen molar-refractivity contribution < 1.29 is 9.53 Å². The molecule has 0 aromatic heterocycles. The lowest BCUT2D eigenvalue weighted by Crippen LogP contribution is -2.48. The van der Waals surface area contributed by atoms with Crippen molar-refractivity contribution in [2.24, 2.45) is 4.99 Å². The summed E-state index contributed by atoms with van der Waals surface area (Å²) in [5.74, 6) is 0.913. The lowest BCUT2D eigenvalue weighted by Gasteiger charge is -2.31. The molecule has 0 aliphatic heterocycles. The minimum Gasteiger partial charge on any atom is -0.444 e. The fourth-order valence-corrected chi connectivity index (χ4v) is 4.22. The highest BCUT2D eigenvalue weighted by Crippen LogP contribution is 2.22. The van der Waals surface area contributed by atoms with Crippen LogP contribution in [0.2, 0.25) is 0 Å². The van der Waals surface area contributed by atoms with Crippen molar-refractivity contribution in [2.45, 2.75) is 103 Å². The van der Waals surface area contributed by atoms with Gasteiger partial charge in [0.2, 0.25) is 0 Å². The number of alkyl carbamates (subject to hydrolysis) is 1. The highest BCUT2D eigenvalue weighted by Gasteiger charge is 2.25. The molecular formula is C22H44IN5O2. The first-order chi connectivity index (χ1) is 13.8. The molecule has 0 saturated heterocycles. The lowest BCUT2D eigenvalue weighted by atomic mass is 9.91. The number of halogens is 1. The van der Waals surface area contributed by atoms with E-state index in [4.69, 9.17) is 9.73 Å². The fourth-order valence-electron chi connectivity index (χ4n) is 4.22. The Kier molecular flexibility index (Phi) is 12.4. The van der Waals surface area contributed by atoms with Crippen LogP contribution < -0.4 is 16.0 Å². The Bertz CT molecular complexity index is 524. The number of guanidine groups is 1. The molecule has 2 fully saturated rings. The van der Waals surface area contributed by atoms with E-state index in [1.54, 1.807) is 0 Å². The molecule has 3 N–H and O–H groups in total. The van der Waals surface area contributed by atoms with E-state index in [2.05, 4.69) is 34.8 Å². The molecule has 2 aliphatic carbocycles. The van der Waals surface area contributed by atoms with Gasteiger partial charge in [-0.1, -0.05) is 12.8 Å². The predicted octanol–water partition coefficient (Wildman–Crippen LogP) is 3.87. The van der Waals surface area contributed by atoms with Gasteiger partial charge in [-0.2, -0.15) is 0 Å². The first-order valence-corrected chi connectivity index (χ1v) is 11.5. The van der Waals surface area contributed by atoms with Crippen LogP contribution in [0.3, 0.4) is 0 Å². The van der Waals surface area contributed by atoms with E-state index in [0.29, 0.717) is 6.04 Å². The number of nitrogens with one attached hydrogen (secondary N) is 3. The Labute approximate surface area is 200 Å². The standard InChI is InChI=1S/C22H43N5O2.HI/c1-6-23-20(24-15-16-27(5)19-9-7-8-10-19)25-17-11-13-18(14-12-17)26-21(28)29-22(2,3)4;/h17-19H,6-16H2,1-5H3,(H,26,28)(H2,23,24,25);1H. The van der Waals surface area contributed by atoms with Crippen molar-refractivity contribution in [3.05, 3.63) is 0 Å². The third-order valence-corrected chi connectivity index (χ3v) is 5.80. The van der Waals surface area contributed by atoms with Crippen molar-refractivity contribution in [1.29, 1.82) is 0 Å². The highest BCUT2D eigenvalue weighted by atomic mass is 127. The Morgan fingerprint density at radius 3 is 2.13 bits per heavy atom. The van der Waals surface area contributed by atoms with Gasteiger partial charge in [-0.25, -0.2) is 4.79 Å². The summed E-state index contributed by atoms with van der Waals surface area (Å²) in [6.45, 7) is 10.5. The summed E-state index contributed by atoms with van der Waals surface area (Å²) >= 11 is 0. The van der Waals surface area contributed by atoms with Crippen molar-refractivity contribution in [1.82, 2.24) is 20.9 Å². The van der Waals surface area contributed by atoms with Gasteiger partial charge in [0, 0.05) is 31.2 Å². The maximum atomic E-state index is 12.0. The molecule has 0 unspecified atom stereocenters. The molecule has 7 nitrogen and oxygen atoms in total. The first-order valence-electron chi connectivity index (χ1n) is 11.5.